The third kappa shape index (κ3) is 2.01. The molecule has 4 heteroatoms. The molecule has 2 aromatic heterocycles. The van der Waals surface area contributed by atoms with E-state index < -0.39 is 0 Å². The summed E-state index contributed by atoms with van der Waals surface area (Å²) in [6.45, 7) is 5.49. The van der Waals surface area contributed by atoms with Gasteiger partial charge in [-0.2, -0.15) is 0 Å². The fourth-order valence-corrected chi connectivity index (χ4v) is 3.05. The summed E-state index contributed by atoms with van der Waals surface area (Å²) in [7, 11) is 0. The number of nitrogens with zero attached hydrogens (tertiary/aromatic N) is 3. The molecular formula is C15H19N3O. The Morgan fingerprint density at radius 1 is 1.37 bits per heavy atom. The van der Waals surface area contributed by atoms with E-state index in [0.717, 1.165) is 43.1 Å². The molecule has 0 aliphatic carbocycles. The summed E-state index contributed by atoms with van der Waals surface area (Å²) in [6, 6.07) is 6.25. The van der Waals surface area contributed by atoms with Crippen molar-refractivity contribution in [1.82, 2.24) is 9.38 Å². The number of hydrogen-bond acceptors (Lipinski definition) is 3. The Morgan fingerprint density at radius 2 is 2.21 bits per heavy atom. The van der Waals surface area contributed by atoms with Gasteiger partial charge in [0.15, 0.2) is 12.1 Å². The fourth-order valence-electron chi connectivity index (χ4n) is 3.05. The molecule has 0 radical (unpaired) electrons. The highest BCUT2D eigenvalue weighted by Gasteiger charge is 2.27. The summed E-state index contributed by atoms with van der Waals surface area (Å²) in [5.74, 6) is 1.59. The first kappa shape index (κ1) is 12.2. The van der Waals surface area contributed by atoms with Gasteiger partial charge >= 0.3 is 0 Å². The van der Waals surface area contributed by atoms with Crippen molar-refractivity contribution in [3.8, 4) is 0 Å². The summed E-state index contributed by atoms with van der Waals surface area (Å²) in [5.41, 5.74) is 1.50. The zero-order valence-electron chi connectivity index (χ0n) is 11.4. The molecule has 4 nitrogen and oxygen atoms in total. The van der Waals surface area contributed by atoms with Crippen LogP contribution in [0.25, 0.3) is 5.65 Å². The number of hydrogen-bond donors (Lipinski definition) is 0. The van der Waals surface area contributed by atoms with Crippen LogP contribution < -0.4 is 4.90 Å². The number of pyridine rings is 1. The van der Waals surface area contributed by atoms with Crippen molar-refractivity contribution in [2.75, 3.05) is 11.4 Å². The highest BCUT2D eigenvalue weighted by Crippen LogP contribution is 2.29. The van der Waals surface area contributed by atoms with E-state index in [1.807, 2.05) is 28.8 Å². The predicted octanol–water partition coefficient (Wildman–Crippen LogP) is 2.77. The maximum atomic E-state index is 11.4. The first-order chi connectivity index (χ1) is 9.20. The molecule has 0 aromatic carbocycles. The lowest BCUT2D eigenvalue weighted by Crippen LogP contribution is -2.41. The third-order valence-corrected chi connectivity index (χ3v) is 4.07. The van der Waals surface area contributed by atoms with E-state index >= 15 is 0 Å². The van der Waals surface area contributed by atoms with Gasteiger partial charge in [0.1, 0.15) is 11.3 Å². The molecule has 1 fully saturated rings. The number of piperidine rings is 1. The van der Waals surface area contributed by atoms with Gasteiger partial charge in [0.25, 0.3) is 0 Å². The molecule has 0 saturated carbocycles. The third-order valence-electron chi connectivity index (χ3n) is 4.07. The van der Waals surface area contributed by atoms with Crippen LogP contribution in [0.4, 0.5) is 5.82 Å². The first-order valence-electron chi connectivity index (χ1n) is 6.89. The van der Waals surface area contributed by atoms with Crippen LogP contribution in [0.1, 0.15) is 37.2 Å². The van der Waals surface area contributed by atoms with Crippen LogP contribution in [0.2, 0.25) is 0 Å². The van der Waals surface area contributed by atoms with Crippen LogP contribution in [0.3, 0.4) is 0 Å². The van der Waals surface area contributed by atoms with E-state index in [0.29, 0.717) is 11.7 Å². The van der Waals surface area contributed by atoms with E-state index in [9.17, 15) is 4.79 Å². The predicted molar refractivity (Wildman–Crippen MR) is 75.8 cm³/mol. The van der Waals surface area contributed by atoms with E-state index in [-0.39, 0.29) is 0 Å². The van der Waals surface area contributed by atoms with Crippen molar-refractivity contribution < 1.29 is 4.79 Å². The second kappa shape index (κ2) is 4.68. The lowest BCUT2D eigenvalue weighted by atomic mass is 9.93. The fraction of sp³-hybridized carbons (Fsp3) is 0.467. The lowest BCUT2D eigenvalue weighted by Gasteiger charge is -2.37. The molecule has 0 N–H and O–H groups in total. The van der Waals surface area contributed by atoms with Gasteiger partial charge in [-0.3, -0.25) is 9.20 Å². The summed E-state index contributed by atoms with van der Waals surface area (Å²) in [5, 5.41) is 0. The second-order valence-corrected chi connectivity index (χ2v) is 5.54. The van der Waals surface area contributed by atoms with Crippen LogP contribution in [0.5, 0.6) is 0 Å². The molecule has 0 bridgehead atoms. The number of imidazole rings is 1. The maximum Gasteiger partial charge on any atom is 0.170 e. The molecule has 3 heterocycles. The Kier molecular flexibility index (Phi) is 3.01. The molecule has 2 atom stereocenters. The topological polar surface area (TPSA) is 37.6 Å². The minimum Gasteiger partial charge on any atom is -0.352 e. The highest BCUT2D eigenvalue weighted by atomic mass is 16.1. The van der Waals surface area contributed by atoms with Crippen molar-refractivity contribution in [2.45, 2.75) is 32.7 Å². The molecule has 19 heavy (non-hydrogen) atoms. The molecule has 0 amide bonds. The Labute approximate surface area is 113 Å². The zero-order chi connectivity index (χ0) is 13.4. The van der Waals surface area contributed by atoms with Gasteiger partial charge in [-0.1, -0.05) is 13.0 Å². The van der Waals surface area contributed by atoms with Crippen molar-refractivity contribution in [1.29, 1.82) is 0 Å². The second-order valence-electron chi connectivity index (χ2n) is 5.54. The minimum absolute atomic E-state index is 0.437. The molecule has 1 aliphatic rings. The average Bonchev–Trinajstić information content (AvgIpc) is 2.76. The Morgan fingerprint density at radius 3 is 2.95 bits per heavy atom. The normalized spacial score (nSPS) is 23.8. The molecule has 0 spiro atoms. The van der Waals surface area contributed by atoms with Gasteiger partial charge in [0.05, 0.1) is 0 Å². The quantitative estimate of drug-likeness (QED) is 0.776. The number of rotatable bonds is 2. The van der Waals surface area contributed by atoms with Crippen LogP contribution in [0, 0.1) is 5.92 Å². The van der Waals surface area contributed by atoms with Crippen LogP contribution in [-0.2, 0) is 0 Å². The smallest absolute Gasteiger partial charge is 0.170 e. The van der Waals surface area contributed by atoms with Crippen molar-refractivity contribution in [3.63, 3.8) is 0 Å². The molecule has 100 valence electrons. The van der Waals surface area contributed by atoms with Gasteiger partial charge in [-0.25, -0.2) is 4.98 Å². The van der Waals surface area contributed by atoms with E-state index in [1.165, 1.54) is 0 Å². The maximum absolute atomic E-state index is 11.4. The number of fused-ring (bicyclic) bond motifs is 1. The van der Waals surface area contributed by atoms with Gasteiger partial charge < -0.3 is 4.90 Å². The van der Waals surface area contributed by atoms with Crippen LogP contribution in [0.15, 0.2) is 24.4 Å². The summed E-state index contributed by atoms with van der Waals surface area (Å²) in [6.07, 6.45) is 5.13. The Hall–Kier alpha value is -1.84. The van der Waals surface area contributed by atoms with Crippen molar-refractivity contribution in [2.24, 2.45) is 5.92 Å². The van der Waals surface area contributed by atoms with E-state index in [1.54, 1.807) is 0 Å². The molecule has 2 aromatic rings. The van der Waals surface area contributed by atoms with Gasteiger partial charge in [0.2, 0.25) is 0 Å². The summed E-state index contributed by atoms with van der Waals surface area (Å²) < 4.78 is 1.87. The number of anilines is 1. The molecule has 1 aliphatic heterocycles. The minimum atomic E-state index is 0.437. The SMILES string of the molecule is CC1CCN(c2nc3ccccn3c2C=O)C(C)C1. The van der Waals surface area contributed by atoms with Crippen LogP contribution in [-0.4, -0.2) is 28.3 Å². The standard InChI is InChI=1S/C15H19N3O/c1-11-6-8-17(12(2)9-11)15-13(10-19)18-7-4-3-5-14(18)16-15/h3-5,7,10-12H,6,8-9H2,1-2H3. The highest BCUT2D eigenvalue weighted by molar-refractivity contribution is 5.83. The largest absolute Gasteiger partial charge is 0.352 e. The molecule has 2 unspecified atom stereocenters. The van der Waals surface area contributed by atoms with Crippen molar-refractivity contribution >= 4 is 17.8 Å². The number of carbonyl (C=O) groups excluding carboxylic acids is 1. The Balaban J connectivity index is 2.07. The van der Waals surface area contributed by atoms with Gasteiger partial charge in [-0.05, 0) is 37.8 Å². The number of aldehydes is 1. The van der Waals surface area contributed by atoms with Gasteiger partial charge in [0, 0.05) is 18.8 Å². The van der Waals surface area contributed by atoms with E-state index in [4.69, 9.17) is 0 Å². The first-order valence-corrected chi connectivity index (χ1v) is 6.89. The number of aromatic nitrogens is 2. The van der Waals surface area contributed by atoms with E-state index in [2.05, 4.69) is 23.7 Å². The summed E-state index contributed by atoms with van der Waals surface area (Å²) in [4.78, 5) is 18.3. The lowest BCUT2D eigenvalue weighted by molar-refractivity contribution is 0.111. The molecule has 3 rings (SSSR count). The summed E-state index contributed by atoms with van der Waals surface area (Å²) >= 11 is 0. The molecular weight excluding hydrogens is 238 g/mol. The average molecular weight is 257 g/mol. The van der Waals surface area contributed by atoms with Crippen molar-refractivity contribution in [3.05, 3.63) is 30.1 Å². The Bertz CT molecular complexity index is 604. The zero-order valence-corrected chi connectivity index (χ0v) is 11.4. The monoisotopic (exact) mass is 257 g/mol. The molecule has 1 saturated heterocycles. The number of carbonyl (C=O) groups is 1. The van der Waals surface area contributed by atoms with Crippen LogP contribution >= 0.6 is 0 Å². The van der Waals surface area contributed by atoms with Gasteiger partial charge in [-0.15, -0.1) is 0 Å².